The van der Waals surface area contributed by atoms with Crippen LogP contribution < -0.4 is 5.32 Å². The second-order valence-electron chi connectivity index (χ2n) is 6.39. The maximum atomic E-state index is 12.5. The van der Waals surface area contributed by atoms with Gasteiger partial charge in [0.1, 0.15) is 11.6 Å². The Bertz CT molecular complexity index is 381. The van der Waals surface area contributed by atoms with Gasteiger partial charge in [-0.25, -0.2) is 4.79 Å². The van der Waals surface area contributed by atoms with E-state index >= 15 is 0 Å². The van der Waals surface area contributed by atoms with Gasteiger partial charge in [0.2, 0.25) is 5.91 Å². The molecule has 2 saturated heterocycles. The highest BCUT2D eigenvalue weighted by Gasteiger charge is 2.35. The third kappa shape index (κ3) is 4.04. The minimum atomic E-state index is -0.544. The summed E-state index contributed by atoms with van der Waals surface area (Å²) in [5, 5.41) is 2.73. The number of nitrogens with zero attached hydrogens (tertiary/aromatic N) is 1. The predicted molar refractivity (Wildman–Crippen MR) is 79.8 cm³/mol. The molecule has 0 bridgehead atoms. The zero-order valence-corrected chi connectivity index (χ0v) is 13.3. The molecule has 1 N–H and O–H groups in total. The maximum Gasteiger partial charge on any atom is 0.408 e. The maximum absolute atomic E-state index is 12.5. The van der Waals surface area contributed by atoms with Gasteiger partial charge in [0, 0.05) is 18.3 Å². The van der Waals surface area contributed by atoms with Gasteiger partial charge in [-0.2, -0.15) is 11.8 Å². The van der Waals surface area contributed by atoms with E-state index in [9.17, 15) is 9.59 Å². The second-order valence-corrected chi connectivity index (χ2v) is 7.54. The van der Waals surface area contributed by atoms with Crippen molar-refractivity contribution >= 4 is 23.8 Å². The molecule has 2 atom stereocenters. The summed E-state index contributed by atoms with van der Waals surface area (Å²) in [7, 11) is 0. The van der Waals surface area contributed by atoms with E-state index in [4.69, 9.17) is 4.74 Å². The van der Waals surface area contributed by atoms with Crippen LogP contribution in [0.25, 0.3) is 0 Å². The summed E-state index contributed by atoms with van der Waals surface area (Å²) < 4.78 is 5.24. The smallest absolute Gasteiger partial charge is 0.408 e. The van der Waals surface area contributed by atoms with E-state index in [1.807, 2.05) is 25.7 Å². The highest BCUT2D eigenvalue weighted by molar-refractivity contribution is 7.99. The van der Waals surface area contributed by atoms with Crippen LogP contribution in [0.15, 0.2) is 0 Å². The van der Waals surface area contributed by atoms with Crippen molar-refractivity contribution in [3.05, 3.63) is 0 Å². The number of fused-ring (bicyclic) bond motifs is 1. The normalized spacial score (nSPS) is 27.6. The van der Waals surface area contributed by atoms with Crippen molar-refractivity contribution in [2.24, 2.45) is 0 Å². The molecule has 0 aliphatic carbocycles. The lowest BCUT2D eigenvalue weighted by Crippen LogP contribution is -2.53. The number of ether oxygens (including phenoxy) is 1. The number of carbonyl (C=O) groups is 2. The van der Waals surface area contributed by atoms with Crippen molar-refractivity contribution in [1.82, 2.24) is 10.2 Å². The van der Waals surface area contributed by atoms with Gasteiger partial charge in [-0.15, -0.1) is 0 Å². The summed E-state index contributed by atoms with van der Waals surface area (Å²) in [4.78, 5) is 26.3. The fourth-order valence-corrected chi connectivity index (χ4v) is 3.74. The van der Waals surface area contributed by atoms with E-state index in [1.165, 1.54) is 0 Å². The number of hydrogen-bond donors (Lipinski definition) is 1. The minimum Gasteiger partial charge on any atom is -0.444 e. The van der Waals surface area contributed by atoms with Crippen molar-refractivity contribution in [3.8, 4) is 0 Å². The largest absolute Gasteiger partial charge is 0.444 e. The first-order valence-corrected chi connectivity index (χ1v) is 8.40. The molecular weight excluding hydrogens is 276 g/mol. The molecule has 0 aromatic heterocycles. The van der Waals surface area contributed by atoms with Crippen molar-refractivity contribution < 1.29 is 14.3 Å². The topological polar surface area (TPSA) is 58.6 Å². The summed E-state index contributed by atoms with van der Waals surface area (Å²) in [6, 6.07) is -0.103. The number of rotatable bonds is 1. The van der Waals surface area contributed by atoms with E-state index in [0.29, 0.717) is 11.8 Å². The van der Waals surface area contributed by atoms with Crippen LogP contribution in [0.1, 0.15) is 40.0 Å². The lowest BCUT2D eigenvalue weighted by atomic mass is 10.1. The van der Waals surface area contributed by atoms with Crippen molar-refractivity contribution in [2.45, 2.75) is 57.7 Å². The molecule has 2 heterocycles. The fourth-order valence-electron chi connectivity index (χ4n) is 2.67. The highest BCUT2D eigenvalue weighted by Crippen LogP contribution is 2.26. The number of nitrogens with one attached hydrogen (secondary N) is 1. The number of hydrogen-bond acceptors (Lipinski definition) is 4. The molecule has 0 spiro atoms. The van der Waals surface area contributed by atoms with Gasteiger partial charge in [-0.3, -0.25) is 4.79 Å². The molecule has 20 heavy (non-hydrogen) atoms. The van der Waals surface area contributed by atoms with Crippen LogP contribution in [-0.4, -0.2) is 52.6 Å². The second kappa shape index (κ2) is 6.24. The zero-order chi connectivity index (χ0) is 14.8. The van der Waals surface area contributed by atoms with Crippen molar-refractivity contribution in [1.29, 1.82) is 0 Å². The number of thioether (sulfide) groups is 1. The van der Waals surface area contributed by atoms with Gasteiger partial charge < -0.3 is 15.0 Å². The SMILES string of the molecule is CC(C)(C)OC(=O)N[C@H]1CSCC[C@H]2CCCN2C1=O. The van der Waals surface area contributed by atoms with Gasteiger partial charge in [0.05, 0.1) is 0 Å². The summed E-state index contributed by atoms with van der Waals surface area (Å²) in [5.74, 6) is 1.72. The minimum absolute atomic E-state index is 0.0468. The van der Waals surface area contributed by atoms with E-state index in [-0.39, 0.29) is 5.91 Å². The van der Waals surface area contributed by atoms with Crippen LogP contribution in [0.4, 0.5) is 4.79 Å². The van der Waals surface area contributed by atoms with Crippen LogP contribution in [0, 0.1) is 0 Å². The first-order chi connectivity index (χ1) is 9.37. The molecule has 0 aromatic rings. The van der Waals surface area contributed by atoms with Crippen LogP contribution in [0.3, 0.4) is 0 Å². The van der Waals surface area contributed by atoms with E-state index in [0.717, 1.165) is 31.6 Å². The molecule has 2 amide bonds. The van der Waals surface area contributed by atoms with Crippen LogP contribution in [-0.2, 0) is 9.53 Å². The van der Waals surface area contributed by atoms with Gasteiger partial charge in [-0.1, -0.05) is 0 Å². The number of carbonyl (C=O) groups excluding carboxylic acids is 2. The molecule has 6 heteroatoms. The lowest BCUT2D eigenvalue weighted by molar-refractivity contribution is -0.133. The van der Waals surface area contributed by atoms with E-state index < -0.39 is 17.7 Å². The fraction of sp³-hybridized carbons (Fsp3) is 0.857. The molecule has 0 unspecified atom stereocenters. The van der Waals surface area contributed by atoms with Crippen molar-refractivity contribution in [3.63, 3.8) is 0 Å². The average Bonchev–Trinajstić information content (AvgIpc) is 2.76. The van der Waals surface area contributed by atoms with Gasteiger partial charge in [-0.05, 0) is 45.8 Å². The molecule has 0 radical (unpaired) electrons. The lowest BCUT2D eigenvalue weighted by Gasteiger charge is -2.32. The standard InChI is InChI=1S/C14H24N2O3S/c1-14(2,3)19-13(18)15-11-9-20-8-6-10-5-4-7-16(10)12(11)17/h10-11H,4-9H2,1-3H3,(H,15,18)/t10-,11+/m1/s1. The van der Waals surface area contributed by atoms with Gasteiger partial charge in [0.25, 0.3) is 0 Å². The Morgan fingerprint density at radius 3 is 2.85 bits per heavy atom. The summed E-state index contributed by atoms with van der Waals surface area (Å²) in [5.41, 5.74) is -0.544. The molecular formula is C14H24N2O3S. The molecule has 2 fully saturated rings. The molecule has 2 aliphatic heterocycles. The Morgan fingerprint density at radius 1 is 1.40 bits per heavy atom. The van der Waals surface area contributed by atoms with E-state index in [2.05, 4.69) is 5.32 Å². The number of amides is 2. The first-order valence-electron chi connectivity index (χ1n) is 7.24. The van der Waals surface area contributed by atoms with Crippen LogP contribution in [0.2, 0.25) is 0 Å². The van der Waals surface area contributed by atoms with Crippen molar-refractivity contribution in [2.75, 3.05) is 18.1 Å². The van der Waals surface area contributed by atoms with Gasteiger partial charge >= 0.3 is 6.09 Å². The Labute approximate surface area is 124 Å². The summed E-state index contributed by atoms with van der Waals surface area (Å²) in [6.07, 6.45) is 2.72. The van der Waals surface area contributed by atoms with Crippen LogP contribution >= 0.6 is 11.8 Å². The van der Waals surface area contributed by atoms with Gasteiger partial charge in [0.15, 0.2) is 0 Å². The zero-order valence-electron chi connectivity index (χ0n) is 12.5. The Morgan fingerprint density at radius 2 is 2.15 bits per heavy atom. The molecule has 0 saturated carbocycles. The molecule has 114 valence electrons. The third-order valence-electron chi connectivity index (χ3n) is 3.53. The molecule has 2 rings (SSSR count). The van der Waals surface area contributed by atoms with E-state index in [1.54, 1.807) is 11.8 Å². The number of alkyl carbamates (subject to hydrolysis) is 1. The summed E-state index contributed by atoms with van der Waals surface area (Å²) >= 11 is 1.73. The monoisotopic (exact) mass is 300 g/mol. The first kappa shape index (κ1) is 15.5. The summed E-state index contributed by atoms with van der Waals surface area (Å²) in [6.45, 7) is 6.27. The third-order valence-corrected chi connectivity index (χ3v) is 4.62. The van der Waals surface area contributed by atoms with Crippen LogP contribution in [0.5, 0.6) is 0 Å². The molecule has 5 nitrogen and oxygen atoms in total. The quantitative estimate of drug-likeness (QED) is 0.805. The molecule has 0 aromatic carbocycles. The highest BCUT2D eigenvalue weighted by atomic mass is 32.2. The average molecular weight is 300 g/mol. The Kier molecular flexibility index (Phi) is 4.83. The predicted octanol–water partition coefficient (Wildman–Crippen LogP) is 2.01. The Hall–Kier alpha value is -0.910. The molecule has 2 aliphatic rings. The Balaban J connectivity index is 1.98.